The van der Waals surface area contributed by atoms with Gasteiger partial charge in [0.05, 0.1) is 18.8 Å². The summed E-state index contributed by atoms with van der Waals surface area (Å²) in [5.41, 5.74) is 7.99. The largest absolute Gasteiger partial charge is 0.392 e. The van der Waals surface area contributed by atoms with Crippen LogP contribution in [0.15, 0.2) is 146 Å². The van der Waals surface area contributed by atoms with Gasteiger partial charge in [-0.05, 0) is 82.4 Å². The molecule has 4 atom stereocenters. The van der Waals surface area contributed by atoms with Gasteiger partial charge < -0.3 is 19.9 Å². The van der Waals surface area contributed by atoms with E-state index in [0.717, 1.165) is 46.3 Å². The molecule has 1 aliphatic heterocycles. The van der Waals surface area contributed by atoms with E-state index in [4.69, 9.17) is 9.47 Å². The lowest BCUT2D eigenvalue weighted by Crippen LogP contribution is -2.38. The second-order valence-corrected chi connectivity index (χ2v) is 13.4. The summed E-state index contributed by atoms with van der Waals surface area (Å²) in [5.74, 6) is -0.0897. The molecule has 6 nitrogen and oxygen atoms in total. The van der Waals surface area contributed by atoms with Gasteiger partial charge in [0.25, 0.3) is 5.91 Å². The predicted molar refractivity (Wildman–Crippen MR) is 203 cm³/mol. The molecule has 258 valence electrons. The summed E-state index contributed by atoms with van der Waals surface area (Å²) < 4.78 is 13.4. The van der Waals surface area contributed by atoms with E-state index >= 15 is 0 Å². The number of carbonyl (C=O) groups is 1. The molecule has 1 fully saturated rings. The third-order valence-corrected chi connectivity index (χ3v) is 9.96. The molecular weight excluding hydrogens is 633 g/mol. The monoisotopic (exact) mass is 676 g/mol. The predicted octanol–water partition coefficient (Wildman–Crippen LogP) is 9.17. The minimum atomic E-state index is -0.538. The second-order valence-electron chi connectivity index (χ2n) is 13.4. The van der Waals surface area contributed by atoms with Gasteiger partial charge in [-0.1, -0.05) is 121 Å². The number of aliphatic hydroxyl groups excluding tert-OH is 1. The van der Waals surface area contributed by atoms with Crippen LogP contribution in [0.2, 0.25) is 0 Å². The Bertz CT molecular complexity index is 2060. The molecule has 1 saturated heterocycles. The van der Waals surface area contributed by atoms with Crippen LogP contribution in [-0.2, 0) is 22.6 Å². The van der Waals surface area contributed by atoms with Crippen molar-refractivity contribution in [1.29, 1.82) is 0 Å². The highest BCUT2D eigenvalue weighted by Gasteiger charge is 2.33. The smallest absolute Gasteiger partial charge is 0.251 e. The summed E-state index contributed by atoms with van der Waals surface area (Å²) in [6.45, 7) is 3.44. The molecule has 6 aromatic carbocycles. The number of carbonyl (C=O) groups excluding carboxylic acids is 1. The Kier molecular flexibility index (Phi) is 10.7. The molecule has 0 radical (unpaired) electrons. The molecule has 1 heterocycles. The molecule has 51 heavy (non-hydrogen) atoms. The van der Waals surface area contributed by atoms with Crippen molar-refractivity contribution in [3.63, 3.8) is 0 Å². The van der Waals surface area contributed by atoms with Crippen LogP contribution in [0.4, 0.5) is 0 Å². The van der Waals surface area contributed by atoms with Gasteiger partial charge in [0, 0.05) is 36.7 Å². The summed E-state index contributed by atoms with van der Waals surface area (Å²) in [6.07, 6.45) is -0.0470. The Hall–Kier alpha value is -5.11. The third kappa shape index (κ3) is 8.28. The lowest BCUT2D eigenvalue weighted by Gasteiger charge is -2.39. The van der Waals surface area contributed by atoms with Crippen molar-refractivity contribution in [3.05, 3.63) is 179 Å². The fourth-order valence-electron chi connectivity index (χ4n) is 6.80. The molecule has 0 saturated carbocycles. The summed E-state index contributed by atoms with van der Waals surface area (Å²) in [6, 6.07) is 49.3. The zero-order valence-electron chi connectivity index (χ0n) is 29.1. The summed E-state index contributed by atoms with van der Waals surface area (Å²) in [7, 11) is 2.16. The number of aliphatic hydroxyl groups is 1. The van der Waals surface area contributed by atoms with Crippen molar-refractivity contribution in [3.8, 4) is 11.1 Å². The molecule has 1 aliphatic rings. The van der Waals surface area contributed by atoms with E-state index in [0.29, 0.717) is 12.1 Å². The first-order chi connectivity index (χ1) is 24.9. The molecule has 6 heteroatoms. The van der Waals surface area contributed by atoms with Gasteiger partial charge in [-0.15, -0.1) is 0 Å². The molecule has 0 unspecified atom stereocenters. The number of ether oxygens (including phenoxy) is 2. The van der Waals surface area contributed by atoms with Crippen LogP contribution in [0.1, 0.15) is 70.0 Å². The summed E-state index contributed by atoms with van der Waals surface area (Å²) >= 11 is 0. The fraction of sp³-hybridized carbons (Fsp3) is 0.222. The average molecular weight is 677 g/mol. The van der Waals surface area contributed by atoms with Crippen LogP contribution >= 0.6 is 0 Å². The van der Waals surface area contributed by atoms with Crippen molar-refractivity contribution >= 4 is 16.7 Å². The average Bonchev–Trinajstić information content (AvgIpc) is 3.19. The first-order valence-electron chi connectivity index (χ1n) is 17.7. The highest BCUT2D eigenvalue weighted by atomic mass is 16.7. The van der Waals surface area contributed by atoms with Crippen molar-refractivity contribution in [2.75, 3.05) is 13.6 Å². The number of likely N-dealkylation sites (N-methyl/N-ethyl adjacent to an activating group) is 1. The van der Waals surface area contributed by atoms with Crippen LogP contribution in [0.5, 0.6) is 0 Å². The minimum absolute atomic E-state index is 0.00913. The van der Waals surface area contributed by atoms with E-state index in [1.165, 1.54) is 16.3 Å². The van der Waals surface area contributed by atoms with Gasteiger partial charge in [-0.3, -0.25) is 9.69 Å². The quantitative estimate of drug-likeness (QED) is 0.143. The first-order valence-corrected chi connectivity index (χ1v) is 17.7. The number of fused-ring (bicyclic) bond motifs is 1. The molecule has 1 amide bonds. The van der Waals surface area contributed by atoms with E-state index in [1.54, 1.807) is 0 Å². The van der Waals surface area contributed by atoms with Gasteiger partial charge in [-0.2, -0.15) is 0 Å². The van der Waals surface area contributed by atoms with Crippen molar-refractivity contribution in [2.45, 2.75) is 51.0 Å². The Morgan fingerprint density at radius 1 is 0.745 bits per heavy atom. The second kappa shape index (κ2) is 15.8. The Labute approximate surface area is 300 Å². The van der Waals surface area contributed by atoms with Gasteiger partial charge in [0.15, 0.2) is 6.29 Å². The molecule has 0 aromatic heterocycles. The van der Waals surface area contributed by atoms with Crippen molar-refractivity contribution in [1.82, 2.24) is 10.2 Å². The van der Waals surface area contributed by atoms with Gasteiger partial charge >= 0.3 is 0 Å². The number of rotatable bonds is 11. The normalized spacial score (nSPS) is 18.1. The van der Waals surface area contributed by atoms with Crippen LogP contribution in [0.25, 0.3) is 21.9 Å². The zero-order valence-corrected chi connectivity index (χ0v) is 29.1. The van der Waals surface area contributed by atoms with Gasteiger partial charge in [0.1, 0.15) is 0 Å². The van der Waals surface area contributed by atoms with E-state index < -0.39 is 6.29 Å². The number of nitrogens with zero attached hydrogens (tertiary/aromatic N) is 1. The van der Waals surface area contributed by atoms with Crippen LogP contribution in [0, 0.1) is 0 Å². The Morgan fingerprint density at radius 2 is 1.47 bits per heavy atom. The number of hydrogen-bond donors (Lipinski definition) is 2. The van der Waals surface area contributed by atoms with Crippen LogP contribution in [-0.4, -0.2) is 35.6 Å². The van der Waals surface area contributed by atoms with E-state index in [9.17, 15) is 9.90 Å². The van der Waals surface area contributed by atoms with Gasteiger partial charge in [-0.25, -0.2) is 0 Å². The van der Waals surface area contributed by atoms with Crippen LogP contribution < -0.4 is 5.32 Å². The topological polar surface area (TPSA) is 71.0 Å². The first kappa shape index (κ1) is 34.3. The van der Waals surface area contributed by atoms with Crippen molar-refractivity contribution in [2.24, 2.45) is 0 Å². The maximum Gasteiger partial charge on any atom is 0.251 e. The van der Waals surface area contributed by atoms with Gasteiger partial charge in [0.2, 0.25) is 0 Å². The maximum atomic E-state index is 12.6. The summed E-state index contributed by atoms with van der Waals surface area (Å²) in [5, 5.41) is 15.1. The Morgan fingerprint density at radius 3 is 2.24 bits per heavy atom. The molecule has 2 N–H and O–H groups in total. The molecule has 0 aliphatic carbocycles. The number of benzene rings is 6. The highest BCUT2D eigenvalue weighted by Crippen LogP contribution is 2.39. The number of nitrogens with one attached hydrogen (secondary N) is 1. The van der Waals surface area contributed by atoms with Crippen LogP contribution in [0.3, 0.4) is 0 Å². The SMILES string of the molecule is C[C@H](c1ccc2ccccc2c1)N(C)C[C@H]1C[C@@H](c2ccc(CO)cc2)O[C@@H](c2ccc(-c3cccc(CNC(=O)c4ccccc4)c3)cc2)O1. The standard InChI is InChI=1S/C45H44N2O4/c1-31(39-24-21-34-10-6-7-13-41(34)26-39)47(2)29-42-27-43(36-17-15-32(30-48)16-18-36)51-45(50-42)38-22-19-35(20-23-38)40-14-8-9-33(25-40)28-46-44(49)37-11-4-3-5-12-37/h3-26,31,42-43,45,48H,27-30H2,1-2H3,(H,46,49)/t31-,42-,43+,45+/m1/s1. The number of amides is 1. The maximum absolute atomic E-state index is 12.6. The zero-order chi connectivity index (χ0) is 35.2. The van der Waals surface area contributed by atoms with E-state index in [2.05, 4.69) is 115 Å². The molecule has 7 rings (SSSR count). The van der Waals surface area contributed by atoms with Crippen molar-refractivity contribution < 1.29 is 19.4 Å². The summed E-state index contributed by atoms with van der Waals surface area (Å²) in [4.78, 5) is 14.9. The minimum Gasteiger partial charge on any atom is -0.392 e. The molecule has 0 spiro atoms. The lowest BCUT2D eigenvalue weighted by molar-refractivity contribution is -0.253. The fourth-order valence-corrected chi connectivity index (χ4v) is 6.80. The molecular formula is C45H44N2O4. The Balaban J connectivity index is 1.07. The van der Waals surface area contributed by atoms with E-state index in [-0.39, 0.29) is 30.8 Å². The lowest BCUT2D eigenvalue weighted by atomic mass is 9.98. The van der Waals surface area contributed by atoms with E-state index in [1.807, 2.05) is 54.6 Å². The third-order valence-electron chi connectivity index (χ3n) is 9.96. The molecule has 6 aromatic rings. The highest BCUT2D eigenvalue weighted by molar-refractivity contribution is 5.94. The number of hydrogen-bond acceptors (Lipinski definition) is 5. The molecule has 0 bridgehead atoms.